The molecule has 0 amide bonds. The minimum Gasteiger partial charge on any atom is -0.367 e. The molecular weight excluding hydrogens is 258 g/mol. The normalized spacial score (nSPS) is 20.2. The van der Waals surface area contributed by atoms with E-state index in [2.05, 4.69) is 30.3 Å². The van der Waals surface area contributed by atoms with Crippen molar-refractivity contribution in [1.29, 1.82) is 0 Å². The lowest BCUT2D eigenvalue weighted by Gasteiger charge is -2.30. The Morgan fingerprint density at radius 1 is 1.35 bits per heavy atom. The molecule has 1 atom stereocenters. The SMILES string of the molecule is Cc1cnc(CN2CCOC(c3nnn(C)n3)C2)cn1. The first-order valence-electron chi connectivity index (χ1n) is 6.56. The lowest BCUT2D eigenvalue weighted by molar-refractivity contribution is -0.0377. The van der Waals surface area contributed by atoms with Crippen molar-refractivity contribution in [2.75, 3.05) is 19.7 Å². The summed E-state index contributed by atoms with van der Waals surface area (Å²) >= 11 is 0. The van der Waals surface area contributed by atoms with Crippen LogP contribution < -0.4 is 0 Å². The van der Waals surface area contributed by atoms with Gasteiger partial charge in [0.05, 0.1) is 25.0 Å². The molecule has 1 saturated heterocycles. The van der Waals surface area contributed by atoms with E-state index in [0.29, 0.717) is 12.4 Å². The van der Waals surface area contributed by atoms with E-state index in [1.165, 1.54) is 4.80 Å². The first kappa shape index (κ1) is 13.1. The summed E-state index contributed by atoms with van der Waals surface area (Å²) in [6.45, 7) is 4.95. The third-order valence-corrected chi connectivity index (χ3v) is 3.18. The van der Waals surface area contributed by atoms with Crippen LogP contribution in [0.25, 0.3) is 0 Å². The molecule has 3 rings (SSSR count). The summed E-state index contributed by atoms with van der Waals surface area (Å²) in [7, 11) is 1.75. The standard InChI is InChI=1S/C12H17N7O/c1-9-5-14-10(6-13-9)7-19-3-4-20-11(8-19)12-15-17-18(2)16-12/h5-6,11H,3-4,7-8H2,1-2H3. The second-order valence-corrected chi connectivity index (χ2v) is 4.88. The number of hydrogen-bond acceptors (Lipinski definition) is 7. The van der Waals surface area contributed by atoms with Gasteiger partial charge in [-0.2, -0.15) is 4.80 Å². The van der Waals surface area contributed by atoms with Crippen LogP contribution in [0.5, 0.6) is 0 Å². The molecule has 8 nitrogen and oxygen atoms in total. The van der Waals surface area contributed by atoms with Crippen LogP contribution in [0, 0.1) is 6.92 Å². The molecule has 0 aromatic carbocycles. The van der Waals surface area contributed by atoms with E-state index < -0.39 is 0 Å². The maximum absolute atomic E-state index is 5.71. The van der Waals surface area contributed by atoms with Crippen LogP contribution in [-0.2, 0) is 18.3 Å². The van der Waals surface area contributed by atoms with Gasteiger partial charge < -0.3 is 4.74 Å². The Morgan fingerprint density at radius 2 is 2.25 bits per heavy atom. The molecule has 20 heavy (non-hydrogen) atoms. The summed E-state index contributed by atoms with van der Waals surface area (Å²) in [5.41, 5.74) is 1.89. The van der Waals surface area contributed by atoms with Gasteiger partial charge in [0.2, 0.25) is 5.82 Å². The zero-order chi connectivity index (χ0) is 13.9. The minimum atomic E-state index is -0.129. The summed E-state index contributed by atoms with van der Waals surface area (Å²) < 4.78 is 5.71. The quantitative estimate of drug-likeness (QED) is 0.772. The molecule has 1 aliphatic heterocycles. The van der Waals surface area contributed by atoms with E-state index in [1.807, 2.05) is 13.1 Å². The number of nitrogens with zero attached hydrogens (tertiary/aromatic N) is 7. The average Bonchev–Trinajstić information content (AvgIpc) is 2.89. The van der Waals surface area contributed by atoms with Crippen LogP contribution in [0.3, 0.4) is 0 Å². The number of aryl methyl sites for hydroxylation is 2. The predicted molar refractivity (Wildman–Crippen MR) is 69.5 cm³/mol. The van der Waals surface area contributed by atoms with Gasteiger partial charge >= 0.3 is 0 Å². The molecule has 0 spiro atoms. The molecule has 1 unspecified atom stereocenters. The van der Waals surface area contributed by atoms with Crippen LogP contribution in [0.1, 0.15) is 23.3 Å². The monoisotopic (exact) mass is 275 g/mol. The molecule has 0 aliphatic carbocycles. The van der Waals surface area contributed by atoms with E-state index in [0.717, 1.165) is 31.0 Å². The molecule has 0 bridgehead atoms. The van der Waals surface area contributed by atoms with Crippen LogP contribution in [0.2, 0.25) is 0 Å². The average molecular weight is 275 g/mol. The Bertz CT molecular complexity index is 567. The molecule has 2 aromatic rings. The van der Waals surface area contributed by atoms with Gasteiger partial charge in [0, 0.05) is 32.0 Å². The van der Waals surface area contributed by atoms with E-state index in [9.17, 15) is 0 Å². The van der Waals surface area contributed by atoms with Crippen molar-refractivity contribution in [3.63, 3.8) is 0 Å². The third-order valence-electron chi connectivity index (χ3n) is 3.18. The van der Waals surface area contributed by atoms with Crippen molar-refractivity contribution in [2.24, 2.45) is 7.05 Å². The highest BCUT2D eigenvalue weighted by molar-refractivity contribution is 5.01. The Balaban J connectivity index is 1.64. The van der Waals surface area contributed by atoms with Crippen molar-refractivity contribution < 1.29 is 4.74 Å². The Morgan fingerprint density at radius 3 is 2.95 bits per heavy atom. The smallest absolute Gasteiger partial charge is 0.204 e. The fraction of sp³-hybridized carbons (Fsp3) is 0.583. The van der Waals surface area contributed by atoms with Crippen LogP contribution >= 0.6 is 0 Å². The largest absolute Gasteiger partial charge is 0.367 e. The molecule has 0 radical (unpaired) electrons. The van der Waals surface area contributed by atoms with Gasteiger partial charge in [-0.05, 0) is 12.1 Å². The number of aromatic nitrogens is 6. The lowest BCUT2D eigenvalue weighted by Crippen LogP contribution is -2.38. The Labute approximate surface area is 116 Å². The Kier molecular flexibility index (Phi) is 3.66. The molecule has 3 heterocycles. The zero-order valence-corrected chi connectivity index (χ0v) is 11.6. The first-order valence-corrected chi connectivity index (χ1v) is 6.56. The second-order valence-electron chi connectivity index (χ2n) is 4.88. The number of tetrazole rings is 1. The van der Waals surface area contributed by atoms with Gasteiger partial charge in [0.1, 0.15) is 6.10 Å². The lowest BCUT2D eigenvalue weighted by atomic mass is 10.2. The number of rotatable bonds is 3. The molecule has 0 N–H and O–H groups in total. The highest BCUT2D eigenvalue weighted by atomic mass is 16.5. The number of morpholine rings is 1. The summed E-state index contributed by atoms with van der Waals surface area (Å²) in [5.74, 6) is 0.632. The zero-order valence-electron chi connectivity index (χ0n) is 11.6. The fourth-order valence-electron chi connectivity index (χ4n) is 2.16. The van der Waals surface area contributed by atoms with Crippen molar-refractivity contribution in [2.45, 2.75) is 19.6 Å². The summed E-state index contributed by atoms with van der Waals surface area (Å²) in [6.07, 6.45) is 3.48. The second kappa shape index (κ2) is 5.59. The molecular formula is C12H17N7O. The van der Waals surface area contributed by atoms with Gasteiger partial charge in [-0.1, -0.05) is 0 Å². The molecule has 1 aliphatic rings. The van der Waals surface area contributed by atoms with Crippen molar-refractivity contribution >= 4 is 0 Å². The third kappa shape index (κ3) is 2.97. The van der Waals surface area contributed by atoms with E-state index in [4.69, 9.17) is 4.74 Å². The molecule has 106 valence electrons. The minimum absolute atomic E-state index is 0.129. The highest BCUT2D eigenvalue weighted by Crippen LogP contribution is 2.19. The number of hydrogen-bond donors (Lipinski definition) is 0. The predicted octanol–water partition coefficient (Wildman–Crippen LogP) is -0.118. The number of ether oxygens (including phenoxy) is 1. The van der Waals surface area contributed by atoms with Crippen molar-refractivity contribution in [1.82, 2.24) is 35.1 Å². The van der Waals surface area contributed by atoms with Crippen LogP contribution in [0.4, 0.5) is 0 Å². The maximum Gasteiger partial charge on any atom is 0.204 e. The molecule has 8 heteroatoms. The van der Waals surface area contributed by atoms with Crippen molar-refractivity contribution in [3.05, 3.63) is 29.6 Å². The topological polar surface area (TPSA) is 81.9 Å². The van der Waals surface area contributed by atoms with Gasteiger partial charge in [0.25, 0.3) is 0 Å². The van der Waals surface area contributed by atoms with Gasteiger partial charge in [-0.3, -0.25) is 14.9 Å². The van der Waals surface area contributed by atoms with Gasteiger partial charge in [-0.15, -0.1) is 10.2 Å². The van der Waals surface area contributed by atoms with Crippen LogP contribution in [-0.4, -0.2) is 54.8 Å². The summed E-state index contributed by atoms with van der Waals surface area (Å²) in [6, 6.07) is 0. The van der Waals surface area contributed by atoms with Gasteiger partial charge in [0.15, 0.2) is 0 Å². The van der Waals surface area contributed by atoms with E-state index in [-0.39, 0.29) is 6.10 Å². The highest BCUT2D eigenvalue weighted by Gasteiger charge is 2.25. The van der Waals surface area contributed by atoms with E-state index in [1.54, 1.807) is 13.2 Å². The fourth-order valence-corrected chi connectivity index (χ4v) is 2.16. The summed E-state index contributed by atoms with van der Waals surface area (Å²) in [5, 5.41) is 12.1. The van der Waals surface area contributed by atoms with Crippen molar-refractivity contribution in [3.8, 4) is 0 Å². The van der Waals surface area contributed by atoms with E-state index >= 15 is 0 Å². The molecule has 2 aromatic heterocycles. The molecule has 0 saturated carbocycles. The first-order chi connectivity index (χ1) is 9.70. The van der Waals surface area contributed by atoms with Crippen LogP contribution in [0.15, 0.2) is 12.4 Å². The summed E-state index contributed by atoms with van der Waals surface area (Å²) in [4.78, 5) is 12.4. The Hall–Kier alpha value is -1.93. The van der Waals surface area contributed by atoms with Gasteiger partial charge in [-0.25, -0.2) is 0 Å². The molecule has 1 fully saturated rings. The maximum atomic E-state index is 5.71.